The summed E-state index contributed by atoms with van der Waals surface area (Å²) in [4.78, 5) is 25.1. The van der Waals surface area contributed by atoms with Gasteiger partial charge in [-0.1, -0.05) is 13.8 Å². The second kappa shape index (κ2) is 6.25. The summed E-state index contributed by atoms with van der Waals surface area (Å²) in [5.74, 6) is -0.867. The zero-order valence-electron chi connectivity index (χ0n) is 12.0. The Kier molecular flexibility index (Phi) is 4.40. The van der Waals surface area contributed by atoms with Crippen LogP contribution in [0.2, 0.25) is 0 Å². The largest absolute Gasteiger partial charge is 0.487 e. The van der Waals surface area contributed by atoms with Gasteiger partial charge < -0.3 is 14.3 Å². The lowest BCUT2D eigenvalue weighted by Crippen LogP contribution is -2.06. The molecular formula is C14H14N2O6. The van der Waals surface area contributed by atoms with E-state index in [1.165, 1.54) is 18.2 Å². The van der Waals surface area contributed by atoms with Crippen molar-refractivity contribution in [2.45, 2.75) is 13.8 Å². The maximum atomic E-state index is 11.1. The third kappa shape index (κ3) is 3.40. The molecule has 0 amide bonds. The number of carbonyl (C=O) groups is 1. The average molecular weight is 306 g/mol. The molecule has 0 saturated carbocycles. The second-order valence-electron chi connectivity index (χ2n) is 4.99. The number of carboxylic acid groups (broad SMARTS) is 1. The summed E-state index contributed by atoms with van der Waals surface area (Å²) < 4.78 is 10.4. The van der Waals surface area contributed by atoms with E-state index in [4.69, 9.17) is 14.3 Å². The quantitative estimate of drug-likeness (QED) is 0.644. The Balaban J connectivity index is 2.35. The van der Waals surface area contributed by atoms with Crippen LogP contribution in [0, 0.1) is 16.0 Å². The van der Waals surface area contributed by atoms with Crippen molar-refractivity contribution in [1.29, 1.82) is 0 Å². The van der Waals surface area contributed by atoms with E-state index in [9.17, 15) is 14.9 Å². The summed E-state index contributed by atoms with van der Waals surface area (Å²) in [5, 5.41) is 19.9. The molecule has 2 aromatic rings. The molecule has 8 heteroatoms. The number of aromatic nitrogens is 1. The van der Waals surface area contributed by atoms with Gasteiger partial charge in [0.25, 0.3) is 0 Å². The Hall–Kier alpha value is -2.90. The maximum absolute atomic E-state index is 11.1. The number of nitro groups is 1. The SMILES string of the molecule is CC(C)COc1ccc(-c2nc(C(=O)O)co2)cc1[N+](=O)[O-]. The van der Waals surface area contributed by atoms with Crippen LogP contribution < -0.4 is 4.74 Å². The fourth-order valence-electron chi connectivity index (χ4n) is 1.68. The minimum absolute atomic E-state index is 0.00379. The molecule has 0 unspecified atom stereocenters. The molecule has 0 saturated heterocycles. The number of rotatable bonds is 6. The molecule has 2 rings (SSSR count). The number of carboxylic acids is 1. The molecule has 1 aromatic heterocycles. The van der Waals surface area contributed by atoms with Crippen LogP contribution in [0.15, 0.2) is 28.9 Å². The van der Waals surface area contributed by atoms with Crippen molar-refractivity contribution in [1.82, 2.24) is 4.98 Å². The summed E-state index contributed by atoms with van der Waals surface area (Å²) in [5.41, 5.74) is -0.192. The number of nitro benzene ring substituents is 1. The minimum Gasteiger partial charge on any atom is -0.487 e. The highest BCUT2D eigenvalue weighted by Crippen LogP contribution is 2.32. The first-order valence-corrected chi connectivity index (χ1v) is 6.49. The highest BCUT2D eigenvalue weighted by molar-refractivity contribution is 5.85. The zero-order valence-corrected chi connectivity index (χ0v) is 12.0. The highest BCUT2D eigenvalue weighted by Gasteiger charge is 2.20. The fraction of sp³-hybridized carbons (Fsp3) is 0.286. The standard InChI is InChI=1S/C14H14N2O6/c1-8(2)6-21-12-4-3-9(5-11(12)16(19)20)13-15-10(7-22-13)14(17)18/h3-5,7-8H,6H2,1-2H3,(H,17,18). The molecule has 0 bridgehead atoms. The monoisotopic (exact) mass is 306 g/mol. The van der Waals surface area contributed by atoms with Gasteiger partial charge in [0.2, 0.25) is 5.89 Å². The molecule has 1 heterocycles. The lowest BCUT2D eigenvalue weighted by Gasteiger charge is -2.09. The van der Waals surface area contributed by atoms with Crippen molar-refractivity contribution >= 4 is 11.7 Å². The van der Waals surface area contributed by atoms with Crippen molar-refractivity contribution in [3.63, 3.8) is 0 Å². The minimum atomic E-state index is -1.23. The van der Waals surface area contributed by atoms with E-state index in [1.54, 1.807) is 0 Å². The van der Waals surface area contributed by atoms with Crippen LogP contribution in [0.25, 0.3) is 11.5 Å². The summed E-state index contributed by atoms with van der Waals surface area (Å²) in [6, 6.07) is 4.22. The van der Waals surface area contributed by atoms with E-state index in [0.717, 1.165) is 6.26 Å². The number of benzene rings is 1. The Labute approximate surface area is 125 Å². The van der Waals surface area contributed by atoms with Gasteiger partial charge in [0, 0.05) is 11.6 Å². The molecule has 0 aliphatic heterocycles. The van der Waals surface area contributed by atoms with Crippen molar-refractivity contribution in [2.24, 2.45) is 5.92 Å². The van der Waals surface area contributed by atoms with Gasteiger partial charge in [0.15, 0.2) is 11.4 Å². The number of ether oxygens (including phenoxy) is 1. The predicted molar refractivity (Wildman–Crippen MR) is 75.9 cm³/mol. The van der Waals surface area contributed by atoms with Crippen LogP contribution in [-0.2, 0) is 0 Å². The van der Waals surface area contributed by atoms with Gasteiger partial charge in [-0.25, -0.2) is 9.78 Å². The van der Waals surface area contributed by atoms with Gasteiger partial charge in [0.1, 0.15) is 6.26 Å². The predicted octanol–water partition coefficient (Wildman–Crippen LogP) is 2.98. The fourth-order valence-corrected chi connectivity index (χ4v) is 1.68. The smallest absolute Gasteiger partial charge is 0.357 e. The molecule has 0 aliphatic rings. The molecule has 0 aliphatic carbocycles. The van der Waals surface area contributed by atoms with Crippen LogP contribution in [0.3, 0.4) is 0 Å². The molecule has 0 radical (unpaired) electrons. The van der Waals surface area contributed by atoms with Gasteiger partial charge in [-0.05, 0) is 18.1 Å². The number of hydrogen-bond donors (Lipinski definition) is 1. The van der Waals surface area contributed by atoms with Gasteiger partial charge in [-0.15, -0.1) is 0 Å². The van der Waals surface area contributed by atoms with Crippen LogP contribution in [-0.4, -0.2) is 27.6 Å². The Bertz CT molecular complexity index is 707. The summed E-state index contributed by atoms with van der Waals surface area (Å²) >= 11 is 0. The van der Waals surface area contributed by atoms with Crippen molar-refractivity contribution < 1.29 is 24.0 Å². The Morgan fingerprint density at radius 2 is 2.23 bits per heavy atom. The molecule has 8 nitrogen and oxygen atoms in total. The zero-order chi connectivity index (χ0) is 16.3. The first kappa shape index (κ1) is 15.5. The number of aromatic carboxylic acids is 1. The van der Waals surface area contributed by atoms with Gasteiger partial charge in [0.05, 0.1) is 11.5 Å². The molecule has 1 aromatic carbocycles. The molecule has 1 N–H and O–H groups in total. The van der Waals surface area contributed by atoms with Gasteiger partial charge in [-0.2, -0.15) is 0 Å². The molecule has 0 spiro atoms. The first-order valence-electron chi connectivity index (χ1n) is 6.49. The Morgan fingerprint density at radius 1 is 1.50 bits per heavy atom. The van der Waals surface area contributed by atoms with Crippen LogP contribution in [0.4, 0.5) is 5.69 Å². The Morgan fingerprint density at radius 3 is 2.77 bits per heavy atom. The molecular weight excluding hydrogens is 292 g/mol. The van der Waals surface area contributed by atoms with E-state index >= 15 is 0 Å². The summed E-state index contributed by atoms with van der Waals surface area (Å²) in [6.45, 7) is 4.21. The van der Waals surface area contributed by atoms with Gasteiger partial charge >= 0.3 is 11.7 Å². The highest BCUT2D eigenvalue weighted by atomic mass is 16.6. The topological polar surface area (TPSA) is 116 Å². The van der Waals surface area contributed by atoms with Crippen molar-refractivity contribution in [3.8, 4) is 17.2 Å². The lowest BCUT2D eigenvalue weighted by atomic mass is 10.2. The lowest BCUT2D eigenvalue weighted by molar-refractivity contribution is -0.385. The van der Waals surface area contributed by atoms with E-state index in [-0.39, 0.29) is 28.9 Å². The third-order valence-electron chi connectivity index (χ3n) is 2.70. The van der Waals surface area contributed by atoms with Crippen LogP contribution >= 0.6 is 0 Å². The number of nitrogens with zero attached hydrogens (tertiary/aromatic N) is 2. The third-order valence-corrected chi connectivity index (χ3v) is 2.70. The molecule has 0 atom stereocenters. The van der Waals surface area contributed by atoms with Crippen LogP contribution in [0.5, 0.6) is 5.75 Å². The van der Waals surface area contributed by atoms with E-state index < -0.39 is 10.9 Å². The average Bonchev–Trinajstić information content (AvgIpc) is 2.94. The summed E-state index contributed by atoms with van der Waals surface area (Å²) in [6.07, 6.45) is 0.979. The second-order valence-corrected chi connectivity index (χ2v) is 4.99. The van der Waals surface area contributed by atoms with E-state index in [2.05, 4.69) is 4.98 Å². The molecule has 116 valence electrons. The van der Waals surface area contributed by atoms with E-state index in [1.807, 2.05) is 13.8 Å². The number of oxazole rings is 1. The molecule has 22 heavy (non-hydrogen) atoms. The van der Waals surface area contributed by atoms with Crippen molar-refractivity contribution in [2.75, 3.05) is 6.61 Å². The number of hydrogen-bond acceptors (Lipinski definition) is 6. The summed E-state index contributed by atoms with van der Waals surface area (Å²) in [7, 11) is 0. The first-order chi connectivity index (χ1) is 10.4. The van der Waals surface area contributed by atoms with Gasteiger partial charge in [-0.3, -0.25) is 10.1 Å². The molecule has 0 fully saturated rings. The maximum Gasteiger partial charge on any atom is 0.357 e. The van der Waals surface area contributed by atoms with E-state index in [0.29, 0.717) is 12.2 Å². The van der Waals surface area contributed by atoms with Crippen LogP contribution in [0.1, 0.15) is 24.3 Å². The van der Waals surface area contributed by atoms with Crippen molar-refractivity contribution in [3.05, 3.63) is 40.3 Å². The normalized spacial score (nSPS) is 10.7.